The van der Waals surface area contributed by atoms with Gasteiger partial charge in [0.2, 0.25) is 18.0 Å². The topological polar surface area (TPSA) is 124 Å². The number of carbonyl (C=O) groups is 1. The smallest absolute Gasteiger partial charge is 0.289 e. The van der Waals surface area contributed by atoms with Crippen molar-refractivity contribution in [2.75, 3.05) is 0 Å². The van der Waals surface area contributed by atoms with E-state index < -0.39 is 32.8 Å². The summed E-state index contributed by atoms with van der Waals surface area (Å²) >= 11 is 5.89. The highest BCUT2D eigenvalue weighted by molar-refractivity contribution is 7.90. The molecule has 1 amide bonds. The van der Waals surface area contributed by atoms with Gasteiger partial charge in [0.15, 0.2) is 0 Å². The summed E-state index contributed by atoms with van der Waals surface area (Å²) in [6, 6.07) is 17.5. The predicted octanol–water partition coefficient (Wildman–Crippen LogP) is 4.99. The summed E-state index contributed by atoms with van der Waals surface area (Å²) in [5.74, 6) is -0.190. The maximum atomic E-state index is 13.7. The zero-order valence-corrected chi connectivity index (χ0v) is 21.1. The molecule has 5 rings (SSSR count). The van der Waals surface area contributed by atoms with E-state index >= 15 is 0 Å². The van der Waals surface area contributed by atoms with Crippen LogP contribution in [0.3, 0.4) is 0 Å². The maximum absolute atomic E-state index is 13.7. The van der Waals surface area contributed by atoms with Crippen LogP contribution < -0.4 is 0 Å². The fourth-order valence-corrected chi connectivity index (χ4v) is 5.68. The van der Waals surface area contributed by atoms with Crippen LogP contribution in [0.25, 0.3) is 10.9 Å². The molecule has 188 valence electrons. The van der Waals surface area contributed by atoms with Crippen molar-refractivity contribution in [2.45, 2.75) is 25.0 Å². The largest absolute Gasteiger partial charge is 0.446 e. The van der Waals surface area contributed by atoms with Crippen molar-refractivity contribution in [1.29, 1.82) is 0 Å². The van der Waals surface area contributed by atoms with Gasteiger partial charge in [-0.15, -0.1) is 5.10 Å². The second kappa shape index (κ2) is 9.02. The molecule has 0 N–H and O–H groups in total. The van der Waals surface area contributed by atoms with Crippen molar-refractivity contribution < 1.29 is 22.9 Å². The lowest BCUT2D eigenvalue weighted by Crippen LogP contribution is -2.25. The Bertz CT molecular complexity index is 1720. The van der Waals surface area contributed by atoms with E-state index in [1.54, 1.807) is 43.3 Å². The number of hydrazone groups is 1. The first-order chi connectivity index (χ1) is 17.6. The van der Waals surface area contributed by atoms with E-state index in [0.717, 1.165) is 20.6 Å². The van der Waals surface area contributed by atoms with Crippen LogP contribution in [0.4, 0.5) is 5.69 Å². The molecule has 2 heterocycles. The Labute approximate surface area is 216 Å². The van der Waals surface area contributed by atoms with E-state index in [4.69, 9.17) is 16.3 Å². The van der Waals surface area contributed by atoms with Crippen LogP contribution in [-0.4, -0.2) is 34.1 Å². The van der Waals surface area contributed by atoms with Gasteiger partial charge in [-0.3, -0.25) is 14.9 Å². The molecule has 0 fully saturated rings. The standard InChI is InChI=1S/C25H19ClN4O6S/c1-15-8-10-19-20(25-29(16(2)31)27-24(36-25)17-6-4-3-5-7-17)14-28(22(19)12-15)37(34,35)18-9-11-21(26)23(13-18)30(32)33/h3-14,25H,1-2H3. The third-order valence-corrected chi connectivity index (χ3v) is 7.87. The number of aromatic nitrogens is 1. The van der Waals surface area contributed by atoms with E-state index in [9.17, 15) is 23.3 Å². The van der Waals surface area contributed by atoms with Gasteiger partial charge in [-0.25, -0.2) is 12.4 Å². The summed E-state index contributed by atoms with van der Waals surface area (Å²) in [5, 5.41) is 17.2. The van der Waals surface area contributed by atoms with Gasteiger partial charge in [-0.05, 0) is 42.8 Å². The van der Waals surface area contributed by atoms with Crippen LogP contribution in [0, 0.1) is 17.0 Å². The van der Waals surface area contributed by atoms with Gasteiger partial charge in [-0.1, -0.05) is 41.9 Å². The van der Waals surface area contributed by atoms with Gasteiger partial charge in [0.05, 0.1) is 15.3 Å². The number of carbonyl (C=O) groups excluding carboxylic acids is 1. The minimum absolute atomic E-state index is 0.181. The summed E-state index contributed by atoms with van der Waals surface area (Å²) in [4.78, 5) is 22.8. The highest BCUT2D eigenvalue weighted by Crippen LogP contribution is 2.38. The first kappa shape index (κ1) is 24.5. The molecular formula is C25H19ClN4O6S. The number of amides is 1. The third-order valence-electron chi connectivity index (χ3n) is 5.88. The van der Waals surface area contributed by atoms with Crippen LogP contribution in [0.5, 0.6) is 0 Å². The minimum atomic E-state index is -4.31. The zero-order valence-electron chi connectivity index (χ0n) is 19.5. The fraction of sp³-hybridized carbons (Fsp3) is 0.120. The highest BCUT2D eigenvalue weighted by atomic mass is 35.5. The van der Waals surface area contributed by atoms with Gasteiger partial charge < -0.3 is 4.74 Å². The van der Waals surface area contributed by atoms with Crippen molar-refractivity contribution in [1.82, 2.24) is 8.98 Å². The number of rotatable bonds is 5. The van der Waals surface area contributed by atoms with Crippen molar-refractivity contribution >= 4 is 50.0 Å². The molecule has 4 aromatic rings. The van der Waals surface area contributed by atoms with Crippen molar-refractivity contribution in [3.63, 3.8) is 0 Å². The number of halogens is 1. The number of nitrogens with zero attached hydrogens (tertiary/aromatic N) is 4. The predicted molar refractivity (Wildman–Crippen MR) is 137 cm³/mol. The Hall–Kier alpha value is -4.22. The molecule has 0 spiro atoms. The molecule has 3 aromatic carbocycles. The number of aryl methyl sites for hydroxylation is 1. The molecule has 1 aliphatic heterocycles. The van der Waals surface area contributed by atoms with E-state index in [1.807, 2.05) is 12.1 Å². The number of nitro groups is 1. The number of hydrogen-bond acceptors (Lipinski definition) is 7. The average Bonchev–Trinajstić information content (AvgIpc) is 3.47. The van der Waals surface area contributed by atoms with E-state index in [1.165, 1.54) is 25.3 Å². The molecule has 37 heavy (non-hydrogen) atoms. The first-order valence-electron chi connectivity index (χ1n) is 11.0. The van der Waals surface area contributed by atoms with Gasteiger partial charge >= 0.3 is 0 Å². The first-order valence-corrected chi connectivity index (χ1v) is 12.8. The summed E-state index contributed by atoms with van der Waals surface area (Å²) in [5.41, 5.74) is 1.60. The van der Waals surface area contributed by atoms with E-state index in [2.05, 4.69) is 5.10 Å². The Morgan fingerprint density at radius 1 is 1.11 bits per heavy atom. The monoisotopic (exact) mass is 538 g/mol. The lowest BCUT2D eigenvalue weighted by Gasteiger charge is -2.18. The SMILES string of the molecule is CC(=O)N1N=C(c2ccccc2)OC1c1cn(S(=O)(=O)c2ccc(Cl)c([N+](=O)[O-])c2)c2cc(C)ccc12. The van der Waals surface area contributed by atoms with E-state index in [0.29, 0.717) is 22.0 Å². The second-order valence-corrected chi connectivity index (χ2v) is 10.6. The summed E-state index contributed by atoms with van der Waals surface area (Å²) in [6.45, 7) is 3.14. The van der Waals surface area contributed by atoms with Crippen LogP contribution in [0.1, 0.15) is 29.8 Å². The van der Waals surface area contributed by atoms with Crippen LogP contribution in [-0.2, 0) is 19.6 Å². The maximum Gasteiger partial charge on any atom is 0.289 e. The van der Waals surface area contributed by atoms with Crippen LogP contribution in [0.15, 0.2) is 82.9 Å². The number of benzene rings is 3. The summed E-state index contributed by atoms with van der Waals surface area (Å²) < 4.78 is 34.6. The minimum Gasteiger partial charge on any atom is -0.446 e. The highest BCUT2D eigenvalue weighted by Gasteiger charge is 2.36. The Balaban J connectivity index is 1.67. The zero-order chi connectivity index (χ0) is 26.5. The number of nitro benzene ring substituents is 1. The molecule has 10 nitrogen and oxygen atoms in total. The molecule has 0 radical (unpaired) electrons. The molecule has 1 aromatic heterocycles. The Morgan fingerprint density at radius 2 is 1.84 bits per heavy atom. The summed E-state index contributed by atoms with van der Waals surface area (Å²) in [7, 11) is -4.31. The number of fused-ring (bicyclic) bond motifs is 1. The summed E-state index contributed by atoms with van der Waals surface area (Å²) in [6.07, 6.45) is 0.318. The van der Waals surface area contributed by atoms with Crippen molar-refractivity contribution in [3.05, 3.63) is 105 Å². The van der Waals surface area contributed by atoms with Crippen molar-refractivity contribution in [3.8, 4) is 0 Å². The Kier molecular flexibility index (Phi) is 5.97. The van der Waals surface area contributed by atoms with Gasteiger partial charge in [0, 0.05) is 35.7 Å². The molecule has 1 unspecified atom stereocenters. The van der Waals surface area contributed by atoms with Gasteiger partial charge in [0.25, 0.3) is 15.7 Å². The molecule has 1 atom stereocenters. The molecule has 12 heteroatoms. The quantitative estimate of drug-likeness (QED) is 0.260. The molecule has 0 saturated carbocycles. The van der Waals surface area contributed by atoms with Gasteiger partial charge in [-0.2, -0.15) is 5.01 Å². The number of ether oxygens (including phenoxy) is 1. The third kappa shape index (κ3) is 4.21. The molecular weight excluding hydrogens is 520 g/mol. The number of hydrogen-bond donors (Lipinski definition) is 0. The van der Waals surface area contributed by atoms with Gasteiger partial charge in [0.1, 0.15) is 5.02 Å². The lowest BCUT2D eigenvalue weighted by atomic mass is 10.1. The lowest BCUT2D eigenvalue weighted by molar-refractivity contribution is -0.384. The van der Waals surface area contributed by atoms with E-state index in [-0.39, 0.29) is 15.8 Å². The van der Waals surface area contributed by atoms with Crippen molar-refractivity contribution in [2.24, 2.45) is 5.10 Å². The average molecular weight is 539 g/mol. The normalized spacial score (nSPS) is 15.5. The molecule has 1 aliphatic rings. The fourth-order valence-electron chi connectivity index (χ4n) is 4.10. The molecule has 0 bridgehead atoms. The molecule has 0 aliphatic carbocycles. The molecule has 0 saturated heterocycles. The van der Waals surface area contributed by atoms with Crippen LogP contribution in [0.2, 0.25) is 5.02 Å². The second-order valence-electron chi connectivity index (χ2n) is 8.38. The Morgan fingerprint density at radius 3 is 2.51 bits per heavy atom. The van der Waals surface area contributed by atoms with Crippen LogP contribution >= 0.6 is 11.6 Å².